The molecule has 2 aromatic heterocycles. The van der Waals surface area contributed by atoms with E-state index in [0.29, 0.717) is 5.75 Å². The van der Waals surface area contributed by atoms with Crippen LogP contribution in [0.25, 0.3) is 5.82 Å². The smallest absolute Gasteiger partial charge is 0.152 e. The normalized spacial score (nSPS) is 21.5. The van der Waals surface area contributed by atoms with Crippen LogP contribution in [-0.4, -0.2) is 40.5 Å². The fourth-order valence-electron chi connectivity index (χ4n) is 2.39. The number of nitrogens with zero attached hydrogens (tertiary/aromatic N) is 3. The molecule has 1 unspecified atom stereocenters. The number of sulfone groups is 1. The molecule has 0 radical (unpaired) electrons. The summed E-state index contributed by atoms with van der Waals surface area (Å²) in [5, 5.41) is 3.24. The lowest BCUT2D eigenvalue weighted by atomic mass is 10.2. The Morgan fingerprint density at radius 3 is 2.90 bits per heavy atom. The van der Waals surface area contributed by atoms with E-state index in [9.17, 15) is 8.42 Å². The molecule has 1 aliphatic rings. The number of aromatic nitrogens is 3. The Labute approximate surface area is 117 Å². The molecule has 7 heteroatoms. The molecule has 0 aromatic carbocycles. The van der Waals surface area contributed by atoms with Gasteiger partial charge in [-0.15, -0.1) is 0 Å². The Bertz CT molecular complexity index is 665. The summed E-state index contributed by atoms with van der Waals surface area (Å²) in [5.41, 5.74) is 0.843. The minimum absolute atomic E-state index is 0.0188. The maximum Gasteiger partial charge on any atom is 0.152 e. The number of anilines is 1. The first-order chi connectivity index (χ1) is 9.62. The van der Waals surface area contributed by atoms with E-state index < -0.39 is 9.84 Å². The fraction of sp³-hybridized carbons (Fsp3) is 0.385. The Hall–Kier alpha value is -1.89. The molecule has 0 saturated carbocycles. The van der Waals surface area contributed by atoms with E-state index in [2.05, 4.69) is 15.3 Å². The number of pyridine rings is 1. The summed E-state index contributed by atoms with van der Waals surface area (Å²) in [6, 6.07) is 3.76. The van der Waals surface area contributed by atoms with Gasteiger partial charge in [-0.3, -0.25) is 4.57 Å². The second-order valence-corrected chi connectivity index (χ2v) is 7.20. The summed E-state index contributed by atoms with van der Waals surface area (Å²) < 4.78 is 25.0. The van der Waals surface area contributed by atoms with Crippen molar-refractivity contribution in [2.24, 2.45) is 0 Å². The third-order valence-corrected chi connectivity index (χ3v) is 5.17. The third-order valence-electron chi connectivity index (χ3n) is 3.35. The van der Waals surface area contributed by atoms with Crippen molar-refractivity contribution in [2.45, 2.75) is 18.9 Å². The lowest BCUT2D eigenvalue weighted by Crippen LogP contribution is -2.34. The highest BCUT2D eigenvalue weighted by Crippen LogP contribution is 2.17. The van der Waals surface area contributed by atoms with E-state index >= 15 is 0 Å². The van der Waals surface area contributed by atoms with Crippen LogP contribution in [-0.2, 0) is 9.84 Å². The topological polar surface area (TPSA) is 76.9 Å². The highest BCUT2D eigenvalue weighted by Gasteiger charge is 2.24. The van der Waals surface area contributed by atoms with Gasteiger partial charge in [-0.05, 0) is 25.0 Å². The molecule has 20 heavy (non-hydrogen) atoms. The van der Waals surface area contributed by atoms with Gasteiger partial charge in [0.05, 0.1) is 23.4 Å². The number of nitrogens with one attached hydrogen (secondary N) is 1. The lowest BCUT2D eigenvalue weighted by Gasteiger charge is -2.23. The zero-order valence-corrected chi connectivity index (χ0v) is 11.8. The number of rotatable bonds is 3. The number of hydrogen-bond donors (Lipinski definition) is 1. The van der Waals surface area contributed by atoms with Crippen molar-refractivity contribution in [3.8, 4) is 5.82 Å². The van der Waals surface area contributed by atoms with Gasteiger partial charge in [0.1, 0.15) is 12.1 Å². The zero-order chi connectivity index (χ0) is 14.0. The largest absolute Gasteiger partial charge is 0.380 e. The molecule has 1 atom stereocenters. The van der Waals surface area contributed by atoms with Crippen molar-refractivity contribution in [2.75, 3.05) is 16.8 Å². The minimum Gasteiger partial charge on any atom is -0.380 e. The maximum atomic E-state index is 11.6. The van der Waals surface area contributed by atoms with Crippen molar-refractivity contribution >= 4 is 15.5 Å². The Morgan fingerprint density at radius 1 is 1.35 bits per heavy atom. The van der Waals surface area contributed by atoms with E-state index in [1.807, 2.05) is 22.9 Å². The van der Waals surface area contributed by atoms with Crippen LogP contribution in [0.3, 0.4) is 0 Å². The summed E-state index contributed by atoms with van der Waals surface area (Å²) >= 11 is 0. The molecule has 0 spiro atoms. The van der Waals surface area contributed by atoms with E-state index in [1.54, 1.807) is 18.7 Å². The Kier molecular flexibility index (Phi) is 3.43. The van der Waals surface area contributed by atoms with E-state index in [4.69, 9.17) is 0 Å². The first-order valence-corrected chi connectivity index (χ1v) is 8.36. The third kappa shape index (κ3) is 2.98. The van der Waals surface area contributed by atoms with Gasteiger partial charge < -0.3 is 5.32 Å². The van der Waals surface area contributed by atoms with Gasteiger partial charge in [0, 0.05) is 18.4 Å². The zero-order valence-electron chi connectivity index (χ0n) is 10.9. The molecule has 1 fully saturated rings. The minimum atomic E-state index is -2.89. The predicted octanol–water partition coefficient (Wildman–Crippen LogP) is 1.26. The molecule has 2 aromatic rings. The average Bonchev–Trinajstić information content (AvgIpc) is 2.92. The monoisotopic (exact) mass is 292 g/mol. The first kappa shape index (κ1) is 13.1. The van der Waals surface area contributed by atoms with Gasteiger partial charge in [-0.1, -0.05) is 0 Å². The molecule has 0 bridgehead atoms. The average molecular weight is 292 g/mol. The SMILES string of the molecule is O=S1(=O)CCCC(Nc2ccc(-n3ccnc3)nc2)C1. The fourth-order valence-corrected chi connectivity index (χ4v) is 4.03. The molecule has 6 nitrogen and oxygen atoms in total. The first-order valence-electron chi connectivity index (χ1n) is 6.54. The summed E-state index contributed by atoms with van der Waals surface area (Å²) in [7, 11) is -2.89. The van der Waals surface area contributed by atoms with E-state index in [0.717, 1.165) is 24.3 Å². The van der Waals surface area contributed by atoms with Crippen LogP contribution >= 0.6 is 0 Å². The lowest BCUT2D eigenvalue weighted by molar-refractivity contribution is 0.562. The molecule has 3 heterocycles. The van der Waals surface area contributed by atoms with Crippen LogP contribution in [0.2, 0.25) is 0 Å². The highest BCUT2D eigenvalue weighted by atomic mass is 32.2. The molecule has 106 valence electrons. The van der Waals surface area contributed by atoms with E-state index in [1.165, 1.54) is 0 Å². The van der Waals surface area contributed by atoms with Crippen molar-refractivity contribution in [3.05, 3.63) is 37.1 Å². The van der Waals surface area contributed by atoms with Crippen LogP contribution < -0.4 is 5.32 Å². The van der Waals surface area contributed by atoms with Crippen LogP contribution in [0.15, 0.2) is 37.1 Å². The van der Waals surface area contributed by atoms with Crippen LogP contribution in [0.1, 0.15) is 12.8 Å². The molecule has 1 aliphatic heterocycles. The summed E-state index contributed by atoms with van der Waals surface area (Å²) in [6.07, 6.45) is 8.52. The molecule has 1 saturated heterocycles. The second-order valence-electron chi connectivity index (χ2n) is 4.97. The molecular weight excluding hydrogens is 276 g/mol. The van der Waals surface area contributed by atoms with Gasteiger partial charge in [0.15, 0.2) is 9.84 Å². The summed E-state index contributed by atoms with van der Waals surface area (Å²) in [5.74, 6) is 1.29. The van der Waals surface area contributed by atoms with Gasteiger partial charge in [-0.2, -0.15) is 0 Å². The van der Waals surface area contributed by atoms with Crippen molar-refractivity contribution < 1.29 is 8.42 Å². The van der Waals surface area contributed by atoms with Gasteiger partial charge in [0.2, 0.25) is 0 Å². The maximum absolute atomic E-state index is 11.6. The van der Waals surface area contributed by atoms with E-state index in [-0.39, 0.29) is 11.8 Å². The molecular formula is C13H16N4O2S. The molecule has 0 amide bonds. The standard InChI is InChI=1S/C13H16N4O2S/c18-20(19)7-1-2-12(9-20)16-11-3-4-13(15-8-11)17-6-5-14-10-17/h3-6,8,10,12,16H,1-2,7,9H2. The van der Waals surface area contributed by atoms with Crippen molar-refractivity contribution in [3.63, 3.8) is 0 Å². The van der Waals surface area contributed by atoms with Crippen molar-refractivity contribution in [1.29, 1.82) is 0 Å². The summed E-state index contributed by atoms with van der Waals surface area (Å²) in [4.78, 5) is 8.31. The van der Waals surface area contributed by atoms with Gasteiger partial charge >= 0.3 is 0 Å². The Morgan fingerprint density at radius 2 is 2.25 bits per heavy atom. The van der Waals surface area contributed by atoms with Gasteiger partial charge in [-0.25, -0.2) is 18.4 Å². The van der Waals surface area contributed by atoms with Gasteiger partial charge in [0.25, 0.3) is 0 Å². The Balaban J connectivity index is 1.69. The van der Waals surface area contributed by atoms with Crippen LogP contribution in [0, 0.1) is 0 Å². The van der Waals surface area contributed by atoms with Crippen LogP contribution in [0.4, 0.5) is 5.69 Å². The van der Waals surface area contributed by atoms with Crippen LogP contribution in [0.5, 0.6) is 0 Å². The summed E-state index contributed by atoms with van der Waals surface area (Å²) in [6.45, 7) is 0. The predicted molar refractivity (Wildman–Crippen MR) is 76.7 cm³/mol. The number of hydrogen-bond acceptors (Lipinski definition) is 5. The number of imidazole rings is 1. The van der Waals surface area contributed by atoms with Crippen molar-refractivity contribution in [1.82, 2.24) is 14.5 Å². The quantitative estimate of drug-likeness (QED) is 0.921. The molecule has 3 rings (SSSR count). The molecule has 0 aliphatic carbocycles. The molecule has 1 N–H and O–H groups in total. The second kappa shape index (κ2) is 5.24. The highest BCUT2D eigenvalue weighted by molar-refractivity contribution is 7.91.